The number of esters is 3. The summed E-state index contributed by atoms with van der Waals surface area (Å²) >= 11 is 0. The van der Waals surface area contributed by atoms with Gasteiger partial charge in [0.15, 0.2) is 56.2 Å². The molecule has 0 spiro atoms. The van der Waals surface area contributed by atoms with Gasteiger partial charge in [-0.25, -0.2) is 9.59 Å². The molecule has 14 rings (SSSR count). The average molecular weight is 2020 g/mol. The number of epoxide rings is 1. The number of rotatable bonds is 34. The lowest BCUT2D eigenvalue weighted by atomic mass is 9.33. The van der Waals surface area contributed by atoms with E-state index in [4.69, 9.17) is 90.0 Å². The number of allylic oxidation sites excluding steroid dienone is 4. The van der Waals surface area contributed by atoms with Crippen molar-refractivity contribution in [1.29, 1.82) is 0 Å². The maximum absolute atomic E-state index is 16.9. The molecule has 0 radical (unpaired) electrons. The van der Waals surface area contributed by atoms with Crippen LogP contribution in [0.15, 0.2) is 60.3 Å². The Morgan fingerprint density at radius 2 is 1.01 bits per heavy atom. The second kappa shape index (κ2) is 43.9. The molecule has 0 aromatic carbocycles. The summed E-state index contributed by atoms with van der Waals surface area (Å²) in [5.41, 5.74) is -8.19. The van der Waals surface area contributed by atoms with E-state index in [1.807, 2.05) is 13.8 Å². The van der Waals surface area contributed by atoms with Crippen molar-refractivity contribution in [2.24, 2.45) is 56.2 Å². The Bertz CT molecular complexity index is 4360. The molecule has 9 heterocycles. The van der Waals surface area contributed by atoms with Crippen molar-refractivity contribution in [3.05, 3.63) is 60.3 Å². The van der Waals surface area contributed by atoms with E-state index in [2.05, 4.69) is 53.9 Å². The van der Waals surface area contributed by atoms with Gasteiger partial charge in [0.2, 0.25) is 6.29 Å². The third-order valence-corrected chi connectivity index (χ3v) is 34.1. The van der Waals surface area contributed by atoms with Gasteiger partial charge in [-0.3, -0.25) is 4.79 Å². The second-order valence-electron chi connectivity index (χ2n) is 43.9. The van der Waals surface area contributed by atoms with Crippen molar-refractivity contribution in [2.45, 2.75) is 424 Å². The lowest BCUT2D eigenvalue weighted by Crippen LogP contribution is -2.69. The van der Waals surface area contributed by atoms with Crippen molar-refractivity contribution in [1.82, 2.24) is 0 Å². The average Bonchev–Trinajstić information content (AvgIpc) is 0.914. The topological polar surface area (TPSA) is 675 Å². The zero-order valence-electron chi connectivity index (χ0n) is 82.0. The van der Waals surface area contributed by atoms with Gasteiger partial charge >= 0.3 is 17.9 Å². The highest BCUT2D eigenvalue weighted by Gasteiger charge is 2.75. The first-order chi connectivity index (χ1) is 66.2. The van der Waals surface area contributed by atoms with E-state index in [-0.39, 0.29) is 61.5 Å². The fraction of sp³-hybridized carbons (Fsp3) is 0.866. The minimum absolute atomic E-state index is 0.0166. The third-order valence-electron chi connectivity index (χ3n) is 34.1. The fourth-order valence-electron chi connectivity index (χ4n) is 24.7. The van der Waals surface area contributed by atoms with Crippen molar-refractivity contribution in [3.8, 4) is 0 Å². The van der Waals surface area contributed by atoms with Gasteiger partial charge in [0, 0.05) is 17.8 Å². The van der Waals surface area contributed by atoms with E-state index < -0.39 is 372 Å². The summed E-state index contributed by atoms with van der Waals surface area (Å²) in [6, 6.07) is 0. The normalized spacial score (nSPS) is 49.0. The Morgan fingerprint density at radius 1 is 0.468 bits per heavy atom. The fourth-order valence-corrected chi connectivity index (χ4v) is 24.7. The maximum atomic E-state index is 16.9. The molecule has 44 nitrogen and oxygen atoms in total. The van der Waals surface area contributed by atoms with Crippen molar-refractivity contribution >= 4 is 17.9 Å². The minimum atomic E-state index is -2.12. The second-order valence-corrected chi connectivity index (χ2v) is 43.9. The molecule has 9 aliphatic heterocycles. The number of ether oxygens (including phenoxy) is 19. The molecular weight excluding hydrogens is 1870 g/mol. The van der Waals surface area contributed by atoms with Gasteiger partial charge in [-0.1, -0.05) is 91.3 Å². The number of hydrogen-bond donors (Lipinski definition) is 22. The minimum Gasteiger partial charge on any atom is -0.458 e. The summed E-state index contributed by atoms with van der Waals surface area (Å²) in [5, 5.41) is 244. The number of fused-ring (bicyclic) bond motifs is 8. The van der Waals surface area contributed by atoms with Gasteiger partial charge in [-0.15, -0.1) is 13.2 Å². The van der Waals surface area contributed by atoms with E-state index in [0.29, 0.717) is 32.1 Å². The smallest absolute Gasteiger partial charge is 0.336 e. The van der Waals surface area contributed by atoms with Gasteiger partial charge in [-0.2, -0.15) is 0 Å². The van der Waals surface area contributed by atoms with Crippen LogP contribution in [0.2, 0.25) is 0 Å². The van der Waals surface area contributed by atoms with Crippen molar-refractivity contribution < 1.29 is 217 Å². The monoisotopic (exact) mass is 2020 g/mol. The summed E-state index contributed by atoms with van der Waals surface area (Å²) in [6.07, 6.45) is -52.0. The molecule has 5 aliphatic carbocycles. The number of hydrogen-bond acceptors (Lipinski definition) is 44. The van der Waals surface area contributed by atoms with Crippen LogP contribution in [0.4, 0.5) is 0 Å². The molecule has 44 heteroatoms. The van der Waals surface area contributed by atoms with Crippen molar-refractivity contribution in [3.63, 3.8) is 0 Å². The molecule has 0 aromatic heterocycles. The lowest BCUT2D eigenvalue weighted by molar-refractivity contribution is -0.381. The first-order valence-corrected chi connectivity index (χ1v) is 49.3. The molecule has 0 amide bonds. The largest absolute Gasteiger partial charge is 0.458 e. The quantitative estimate of drug-likeness (QED) is 0.00735. The van der Waals surface area contributed by atoms with Crippen LogP contribution < -0.4 is 0 Å². The molecule has 4 saturated carbocycles. The van der Waals surface area contributed by atoms with Gasteiger partial charge in [0.25, 0.3) is 0 Å². The molecule has 13 fully saturated rings. The van der Waals surface area contributed by atoms with Crippen LogP contribution in [0.5, 0.6) is 0 Å². The lowest BCUT2D eigenvalue weighted by Gasteiger charge is -2.72. The maximum Gasteiger partial charge on any atom is 0.336 e. The van der Waals surface area contributed by atoms with Crippen LogP contribution in [0.1, 0.15) is 167 Å². The Kier molecular flexibility index (Phi) is 34.9. The summed E-state index contributed by atoms with van der Waals surface area (Å²) in [5.74, 6) is -5.05. The summed E-state index contributed by atoms with van der Waals surface area (Å²) in [6.45, 7) is 26.4. The van der Waals surface area contributed by atoms with Crippen LogP contribution in [0.3, 0.4) is 0 Å². The number of aliphatic hydroxyl groups excluding tert-OH is 21. The van der Waals surface area contributed by atoms with E-state index >= 15 is 9.59 Å². The van der Waals surface area contributed by atoms with E-state index in [1.165, 1.54) is 52.0 Å². The SMILES string of the molecule is C=CC(C)(O)CC/C=C(\CO)C(=O)O[C@@H]1C(C)OC(O[C@](C)(C=C)CC/C=C(\CO)C(=O)O[C@H]2C[C@@]3(C(=O)O[C@@H]4OC(CO)[C@H]5OC5[C@@H]4O[C@@H]4OC(C)[C@H](O[C@@H]5O[C@@H](CO)C(O)[C@@H]5O)C(O[C@@H]5OC(CO)[C@@H](O)C(O)[C@@H]5O)[C@@H]4O)C(CC2(C)C)C2=CCC4[C@@]5(C)CC[C@H](OC6OC(CO[C@@H]7OC(C)[C@H](O)C(O)[C@@H]7O[C@@H]7OC[C@@H](O)C(O)[C@@H]7O)[C@@H](O)[C@H](O)C6C)C(C)(C)C5CC[C@@]4(C)[C@]2(C)C[C@H]3O)C(O)[C@H]1O. The Labute approximate surface area is 817 Å². The first-order valence-electron chi connectivity index (χ1n) is 49.3. The number of carbonyl (C=O) groups is 3. The highest BCUT2D eigenvalue weighted by molar-refractivity contribution is 5.89. The Balaban J connectivity index is 0.730. The zero-order valence-corrected chi connectivity index (χ0v) is 82.0. The Hall–Kier alpha value is -4.41. The summed E-state index contributed by atoms with van der Waals surface area (Å²) < 4.78 is 118. The summed E-state index contributed by atoms with van der Waals surface area (Å²) in [7, 11) is 0. The molecule has 804 valence electrons. The van der Waals surface area contributed by atoms with E-state index in [1.54, 1.807) is 13.8 Å². The highest BCUT2D eigenvalue weighted by atomic mass is 16.8. The van der Waals surface area contributed by atoms with Crippen LogP contribution in [-0.2, 0) is 104 Å². The predicted octanol–water partition coefficient (Wildman–Crippen LogP) is -3.74. The van der Waals surface area contributed by atoms with Gasteiger partial charge in [0.1, 0.15) is 152 Å². The van der Waals surface area contributed by atoms with Gasteiger partial charge in [0.05, 0.1) is 105 Å². The molecule has 0 bridgehead atoms. The van der Waals surface area contributed by atoms with Gasteiger partial charge < -0.3 is 202 Å². The Morgan fingerprint density at radius 3 is 1.64 bits per heavy atom. The first kappa shape index (κ1) is 112. The number of carbonyl (C=O) groups excluding carboxylic acids is 3. The molecule has 20 unspecified atom stereocenters. The van der Waals surface area contributed by atoms with E-state index in [0.717, 1.165) is 5.57 Å². The molecule has 22 N–H and O–H groups in total. The zero-order chi connectivity index (χ0) is 103. The summed E-state index contributed by atoms with van der Waals surface area (Å²) in [4.78, 5) is 45.3. The number of aliphatic hydroxyl groups is 22. The van der Waals surface area contributed by atoms with Crippen LogP contribution >= 0.6 is 0 Å². The van der Waals surface area contributed by atoms with Crippen LogP contribution in [0, 0.1) is 56.2 Å². The molecule has 141 heavy (non-hydrogen) atoms. The highest BCUT2D eigenvalue weighted by Crippen LogP contribution is 2.76. The molecule has 9 saturated heterocycles. The van der Waals surface area contributed by atoms with Gasteiger partial charge in [-0.05, 0) is 145 Å². The molecule has 50 atom stereocenters. The third kappa shape index (κ3) is 21.5. The molecule has 14 aliphatic rings. The van der Waals surface area contributed by atoms with E-state index in [9.17, 15) is 117 Å². The predicted molar refractivity (Wildman–Crippen MR) is 478 cm³/mol. The van der Waals surface area contributed by atoms with Crippen molar-refractivity contribution in [2.75, 3.05) is 46.2 Å². The molecule has 0 aromatic rings. The van der Waals surface area contributed by atoms with Crippen LogP contribution in [0.25, 0.3) is 0 Å². The molecular formula is C97H152O44. The van der Waals surface area contributed by atoms with Crippen LogP contribution in [-0.4, -0.2) is 433 Å². The standard InChI is InChI=1S/C97H152O44/c1-16-92(11,122)26-18-20-45(34-99)80(120)135-72-42(5)127-86(70(117)66(72)113)141-93(12,17-2)27-19-21-44(33-98)79(119)132-57-32-97(89(121)140-88-78(77-74(134-77)51(37-102)130-88)139-85-71(118)75(137-84-69(116)64(111)61(108)49(35-100)128-84)73(43(6)126-85)136-83-68(115)62(109)50(36-101)129-83)47(30-90(57,7)8)46-22-23-54-94(13)28-25-56(91(9,10)53(94)24-29-95(54,14)96(46,15)31-55(97)104)133-81-40(3)58(105)63(110)52(131-81)39-124-87-76(65(112)59(106)41(4)125-87)138-82-67(114)60(107)48(103)38-123-82/h16-17,20-22,40-43,47-78,81-88,98-118,122H,1-2,18-19,23-39H2,3-15H3/b44-21+,45-20+/t40?,41?,42?,43?,47?,48-,49?,50+,51?,52?,53?,54?,55-,56+,57+,58-,59+,60?,61-,62?,63-,64?,65?,66-,67+,68+,69+,70?,71+,72-,73+,74-,75?,76+,77?,78+,81?,82+,83+,84+,85+,86?,87-,88+,92?,93-,94+,95-,96-,97-/m1/s1.